The van der Waals surface area contributed by atoms with Crippen molar-refractivity contribution in [1.82, 2.24) is 4.57 Å². The van der Waals surface area contributed by atoms with Gasteiger partial charge in [0.05, 0.1) is 10.2 Å². The van der Waals surface area contributed by atoms with Crippen molar-refractivity contribution in [2.24, 2.45) is 17.5 Å². The molecule has 0 fully saturated rings. The number of hydrogen-bond donors (Lipinski definition) is 0. The van der Waals surface area contributed by atoms with Gasteiger partial charge in [0.1, 0.15) is 0 Å². The molecule has 4 heteroatoms. The monoisotopic (exact) mass is 304 g/mol. The van der Waals surface area contributed by atoms with Crippen LogP contribution in [0.15, 0.2) is 23.2 Å². The molecule has 0 atom stereocenters. The van der Waals surface area contributed by atoms with Gasteiger partial charge in [0.25, 0.3) is 5.91 Å². The number of carbonyl (C=O) groups excluding carboxylic acids is 1. The van der Waals surface area contributed by atoms with Crippen LogP contribution in [0.4, 0.5) is 0 Å². The van der Waals surface area contributed by atoms with E-state index in [0.717, 1.165) is 16.7 Å². The van der Waals surface area contributed by atoms with Crippen LogP contribution < -0.4 is 4.80 Å². The van der Waals surface area contributed by atoms with Crippen LogP contribution in [0.1, 0.15) is 46.1 Å². The summed E-state index contributed by atoms with van der Waals surface area (Å²) in [6, 6.07) is 6.55. The zero-order valence-corrected chi connectivity index (χ0v) is 14.4. The van der Waals surface area contributed by atoms with Crippen molar-refractivity contribution in [1.29, 1.82) is 0 Å². The first kappa shape index (κ1) is 16.0. The third-order valence-electron chi connectivity index (χ3n) is 3.53. The van der Waals surface area contributed by atoms with Gasteiger partial charge in [-0.3, -0.25) is 4.79 Å². The fraction of sp³-hybridized carbons (Fsp3) is 0.529. The molecule has 1 amide bonds. The zero-order chi connectivity index (χ0) is 15.6. The molecule has 0 saturated carbocycles. The lowest BCUT2D eigenvalue weighted by Crippen LogP contribution is -2.22. The Kier molecular flexibility index (Phi) is 4.67. The molecule has 0 aliphatic rings. The summed E-state index contributed by atoms with van der Waals surface area (Å²) < 4.78 is 3.21. The Balaban J connectivity index is 2.45. The second kappa shape index (κ2) is 6.14. The molecule has 0 radical (unpaired) electrons. The first-order valence-electron chi connectivity index (χ1n) is 7.50. The topological polar surface area (TPSA) is 34.4 Å². The fourth-order valence-corrected chi connectivity index (χ4v) is 3.16. The molecule has 3 nitrogen and oxygen atoms in total. The number of benzene rings is 1. The lowest BCUT2D eigenvalue weighted by molar-refractivity contribution is -0.125. The smallest absolute Gasteiger partial charge is 0.253 e. The summed E-state index contributed by atoms with van der Waals surface area (Å²) in [5.41, 5.74) is 2.07. The van der Waals surface area contributed by atoms with Gasteiger partial charge >= 0.3 is 0 Å². The molecule has 0 saturated heterocycles. The van der Waals surface area contributed by atoms with E-state index in [1.807, 2.05) is 32.4 Å². The number of rotatable bonds is 3. The van der Waals surface area contributed by atoms with Gasteiger partial charge in [0, 0.05) is 12.5 Å². The molecule has 0 spiro atoms. The minimum atomic E-state index is -0.435. The second-order valence-electron chi connectivity index (χ2n) is 6.52. The van der Waals surface area contributed by atoms with E-state index < -0.39 is 5.41 Å². The molecule has 1 heterocycles. The quantitative estimate of drug-likeness (QED) is 0.842. The minimum absolute atomic E-state index is 0.0733. The van der Waals surface area contributed by atoms with Crippen LogP contribution in [0.5, 0.6) is 0 Å². The summed E-state index contributed by atoms with van der Waals surface area (Å²) >= 11 is 1.59. The van der Waals surface area contributed by atoms with Crippen molar-refractivity contribution in [3.8, 4) is 0 Å². The highest BCUT2D eigenvalue weighted by molar-refractivity contribution is 7.16. The summed E-state index contributed by atoms with van der Waals surface area (Å²) in [6.07, 6.45) is 3.53. The van der Waals surface area contributed by atoms with E-state index >= 15 is 0 Å². The Morgan fingerprint density at radius 3 is 2.67 bits per heavy atom. The molecule has 0 N–H and O–H groups in total. The molecule has 0 unspecified atom stereocenters. The molecule has 114 valence electrons. The number of thiazole rings is 1. The molecular formula is C17H24N2OS. The second-order valence-corrected chi connectivity index (χ2v) is 7.53. The Bertz CT molecular complexity index is 716. The van der Waals surface area contributed by atoms with Crippen molar-refractivity contribution in [2.75, 3.05) is 0 Å². The van der Waals surface area contributed by atoms with Crippen LogP contribution in [0.2, 0.25) is 0 Å². The van der Waals surface area contributed by atoms with E-state index in [0.29, 0.717) is 0 Å². The number of carbonyl (C=O) groups is 1. The number of unbranched alkanes of at least 4 members (excludes halogenated alkanes) is 1. The van der Waals surface area contributed by atoms with Crippen molar-refractivity contribution in [3.05, 3.63) is 28.6 Å². The van der Waals surface area contributed by atoms with E-state index in [2.05, 4.69) is 30.1 Å². The first-order valence-corrected chi connectivity index (χ1v) is 8.32. The van der Waals surface area contributed by atoms with Crippen LogP contribution >= 0.6 is 11.3 Å². The SMILES string of the molecule is CCCCc1ccc2c(c1)sc(=NC(=O)C(C)(C)C)n2C. The summed E-state index contributed by atoms with van der Waals surface area (Å²) in [6.45, 7) is 7.90. The van der Waals surface area contributed by atoms with E-state index in [1.54, 1.807) is 11.3 Å². The number of aromatic nitrogens is 1. The van der Waals surface area contributed by atoms with Crippen LogP contribution in [0.3, 0.4) is 0 Å². The van der Waals surface area contributed by atoms with Gasteiger partial charge in [-0.05, 0) is 30.5 Å². The molecule has 0 aliphatic carbocycles. The van der Waals surface area contributed by atoms with Gasteiger partial charge in [-0.25, -0.2) is 0 Å². The Morgan fingerprint density at radius 1 is 1.33 bits per heavy atom. The van der Waals surface area contributed by atoms with Crippen LogP contribution in [-0.4, -0.2) is 10.5 Å². The summed E-state index contributed by atoms with van der Waals surface area (Å²) in [7, 11) is 1.97. The van der Waals surface area contributed by atoms with Gasteiger partial charge < -0.3 is 4.57 Å². The molecule has 2 rings (SSSR count). The highest BCUT2D eigenvalue weighted by Crippen LogP contribution is 2.20. The molecule has 0 bridgehead atoms. The summed E-state index contributed by atoms with van der Waals surface area (Å²) in [5.74, 6) is -0.0733. The normalized spacial score (nSPS) is 13.1. The lowest BCUT2D eigenvalue weighted by atomic mass is 9.96. The van der Waals surface area contributed by atoms with E-state index in [9.17, 15) is 4.79 Å². The van der Waals surface area contributed by atoms with E-state index in [-0.39, 0.29) is 5.91 Å². The minimum Gasteiger partial charge on any atom is -0.319 e. The molecule has 21 heavy (non-hydrogen) atoms. The average molecular weight is 304 g/mol. The fourth-order valence-electron chi connectivity index (χ4n) is 2.08. The molecule has 1 aromatic heterocycles. The highest BCUT2D eigenvalue weighted by Gasteiger charge is 2.20. The zero-order valence-electron chi connectivity index (χ0n) is 13.6. The van der Waals surface area contributed by atoms with E-state index in [1.165, 1.54) is 23.1 Å². The average Bonchev–Trinajstić information content (AvgIpc) is 2.71. The summed E-state index contributed by atoms with van der Waals surface area (Å²) in [4.78, 5) is 17.2. The van der Waals surface area contributed by atoms with Crippen molar-refractivity contribution < 1.29 is 4.79 Å². The van der Waals surface area contributed by atoms with Crippen LogP contribution in [0, 0.1) is 5.41 Å². The standard InChI is InChI=1S/C17H24N2OS/c1-6-7-8-12-9-10-13-14(11-12)21-16(19(13)5)18-15(20)17(2,3)4/h9-11H,6-8H2,1-5H3. The lowest BCUT2D eigenvalue weighted by Gasteiger charge is -2.11. The van der Waals surface area contributed by atoms with Crippen LogP contribution in [0.25, 0.3) is 10.2 Å². The highest BCUT2D eigenvalue weighted by atomic mass is 32.1. The van der Waals surface area contributed by atoms with Gasteiger partial charge in [0.2, 0.25) is 0 Å². The van der Waals surface area contributed by atoms with Gasteiger partial charge in [-0.1, -0.05) is 51.5 Å². The first-order chi connectivity index (χ1) is 9.82. The maximum absolute atomic E-state index is 12.1. The Morgan fingerprint density at radius 2 is 2.05 bits per heavy atom. The summed E-state index contributed by atoms with van der Waals surface area (Å²) in [5, 5.41) is 0. The van der Waals surface area contributed by atoms with Gasteiger partial charge in [-0.2, -0.15) is 4.99 Å². The van der Waals surface area contributed by atoms with Crippen molar-refractivity contribution in [3.63, 3.8) is 0 Å². The number of amides is 1. The predicted molar refractivity (Wildman–Crippen MR) is 89.4 cm³/mol. The Hall–Kier alpha value is -1.42. The Labute approximate surface area is 130 Å². The molecule has 1 aromatic carbocycles. The molecule has 0 aliphatic heterocycles. The largest absolute Gasteiger partial charge is 0.319 e. The number of aryl methyl sites for hydroxylation is 2. The van der Waals surface area contributed by atoms with Gasteiger partial charge in [0.15, 0.2) is 4.80 Å². The number of nitrogens with zero attached hydrogens (tertiary/aromatic N) is 2. The molecular weight excluding hydrogens is 280 g/mol. The predicted octanol–water partition coefficient (Wildman–Crippen LogP) is 4.06. The number of fused-ring (bicyclic) bond motifs is 1. The van der Waals surface area contributed by atoms with Crippen molar-refractivity contribution >= 4 is 27.5 Å². The maximum atomic E-state index is 12.1. The van der Waals surface area contributed by atoms with Gasteiger partial charge in [-0.15, -0.1) is 0 Å². The van der Waals surface area contributed by atoms with Crippen LogP contribution in [-0.2, 0) is 18.3 Å². The third-order valence-corrected chi connectivity index (χ3v) is 4.63. The van der Waals surface area contributed by atoms with E-state index in [4.69, 9.17) is 0 Å². The maximum Gasteiger partial charge on any atom is 0.253 e. The molecule has 2 aromatic rings. The van der Waals surface area contributed by atoms with Crippen molar-refractivity contribution in [2.45, 2.75) is 47.0 Å². The number of hydrogen-bond acceptors (Lipinski definition) is 2. The third kappa shape index (κ3) is 3.62.